The molecule has 0 saturated carbocycles. The molecule has 0 spiro atoms. The number of aliphatic hydroxyl groups is 1. The molecule has 0 bridgehead atoms. The molecule has 1 aliphatic rings. The Kier molecular flexibility index (Phi) is 5.12. The molecule has 4 nitrogen and oxygen atoms in total. The van der Waals surface area contributed by atoms with E-state index in [0.29, 0.717) is 18.3 Å². The Hall–Kier alpha value is -2.09. The molecule has 3 rings (SSSR count). The third kappa shape index (κ3) is 3.64. The molecule has 4 heteroatoms. The van der Waals surface area contributed by atoms with Crippen LogP contribution in [0.2, 0.25) is 0 Å². The van der Waals surface area contributed by atoms with E-state index in [2.05, 4.69) is 29.2 Å². The third-order valence-corrected chi connectivity index (χ3v) is 4.51. The lowest BCUT2D eigenvalue weighted by Crippen LogP contribution is -2.32. The van der Waals surface area contributed by atoms with Crippen molar-refractivity contribution in [1.82, 2.24) is 4.90 Å². The molecule has 1 aromatic heterocycles. The van der Waals surface area contributed by atoms with Crippen LogP contribution in [0.4, 0.5) is 0 Å². The predicted molar refractivity (Wildman–Crippen MR) is 87.7 cm³/mol. The van der Waals surface area contributed by atoms with Crippen molar-refractivity contribution < 1.29 is 9.52 Å². The zero-order valence-electron chi connectivity index (χ0n) is 13.2. The molecule has 1 aromatic carbocycles. The van der Waals surface area contributed by atoms with E-state index < -0.39 is 0 Å². The van der Waals surface area contributed by atoms with Gasteiger partial charge < -0.3 is 9.52 Å². The SMILES string of the molecule is N#Cc1ccc(CN(CCCO)C2CCCc3ccccc32)o1. The molecular formula is C19H22N2O2. The van der Waals surface area contributed by atoms with Crippen LogP contribution in [-0.2, 0) is 13.0 Å². The van der Waals surface area contributed by atoms with Crippen molar-refractivity contribution in [2.24, 2.45) is 0 Å². The van der Waals surface area contributed by atoms with Crippen LogP contribution >= 0.6 is 0 Å². The van der Waals surface area contributed by atoms with Gasteiger partial charge in [-0.1, -0.05) is 24.3 Å². The van der Waals surface area contributed by atoms with E-state index in [1.54, 1.807) is 6.07 Å². The van der Waals surface area contributed by atoms with E-state index in [4.69, 9.17) is 9.68 Å². The Labute approximate surface area is 137 Å². The minimum atomic E-state index is 0.187. The number of furan rings is 1. The molecule has 1 unspecified atom stereocenters. The van der Waals surface area contributed by atoms with Gasteiger partial charge in [0, 0.05) is 19.2 Å². The van der Waals surface area contributed by atoms with Crippen molar-refractivity contribution in [3.63, 3.8) is 0 Å². The first-order valence-electron chi connectivity index (χ1n) is 8.23. The Bertz CT molecular complexity index is 687. The summed E-state index contributed by atoms with van der Waals surface area (Å²) in [7, 11) is 0. The van der Waals surface area contributed by atoms with Gasteiger partial charge in [0.25, 0.3) is 0 Å². The van der Waals surface area contributed by atoms with Gasteiger partial charge in [0.05, 0.1) is 6.54 Å². The minimum absolute atomic E-state index is 0.187. The third-order valence-electron chi connectivity index (χ3n) is 4.51. The molecule has 1 atom stereocenters. The fraction of sp³-hybridized carbons (Fsp3) is 0.421. The fourth-order valence-corrected chi connectivity index (χ4v) is 3.45. The van der Waals surface area contributed by atoms with Crippen molar-refractivity contribution in [2.45, 2.75) is 38.3 Å². The Morgan fingerprint density at radius 1 is 1.26 bits per heavy atom. The molecule has 0 radical (unpaired) electrons. The number of aliphatic hydroxyl groups excluding tert-OH is 1. The number of hydrogen-bond acceptors (Lipinski definition) is 4. The van der Waals surface area contributed by atoms with Crippen LogP contribution in [0.25, 0.3) is 0 Å². The fourth-order valence-electron chi connectivity index (χ4n) is 3.45. The van der Waals surface area contributed by atoms with E-state index >= 15 is 0 Å². The van der Waals surface area contributed by atoms with Crippen LogP contribution in [0.15, 0.2) is 40.8 Å². The van der Waals surface area contributed by atoms with Crippen LogP contribution in [0, 0.1) is 11.3 Å². The molecule has 2 aromatic rings. The van der Waals surface area contributed by atoms with Crippen LogP contribution in [-0.4, -0.2) is 23.2 Å². The maximum Gasteiger partial charge on any atom is 0.203 e. The van der Waals surface area contributed by atoms with E-state index in [0.717, 1.165) is 31.6 Å². The number of benzene rings is 1. The van der Waals surface area contributed by atoms with Crippen molar-refractivity contribution in [3.8, 4) is 6.07 Å². The summed E-state index contributed by atoms with van der Waals surface area (Å²) in [5, 5.41) is 18.1. The highest BCUT2D eigenvalue weighted by Crippen LogP contribution is 2.35. The van der Waals surface area contributed by atoms with Gasteiger partial charge in [-0.2, -0.15) is 5.26 Å². The van der Waals surface area contributed by atoms with Gasteiger partial charge in [-0.25, -0.2) is 0 Å². The summed E-state index contributed by atoms with van der Waals surface area (Å²) in [5.74, 6) is 1.16. The van der Waals surface area contributed by atoms with Gasteiger partial charge in [-0.15, -0.1) is 0 Å². The number of aryl methyl sites for hydroxylation is 1. The molecule has 120 valence electrons. The van der Waals surface area contributed by atoms with Crippen molar-refractivity contribution >= 4 is 0 Å². The molecular weight excluding hydrogens is 288 g/mol. The predicted octanol–water partition coefficient (Wildman–Crippen LogP) is 3.41. The first-order chi connectivity index (χ1) is 11.3. The lowest BCUT2D eigenvalue weighted by atomic mass is 9.86. The normalized spacial score (nSPS) is 17.0. The van der Waals surface area contributed by atoms with Gasteiger partial charge in [0.2, 0.25) is 5.76 Å². The van der Waals surface area contributed by atoms with Gasteiger partial charge in [0.15, 0.2) is 0 Å². The maximum absolute atomic E-state index is 9.22. The molecule has 1 aliphatic carbocycles. The van der Waals surface area contributed by atoms with E-state index in [1.807, 2.05) is 12.1 Å². The molecule has 0 fully saturated rings. The average Bonchev–Trinajstić information content (AvgIpc) is 3.06. The van der Waals surface area contributed by atoms with Crippen LogP contribution in [0.3, 0.4) is 0 Å². The van der Waals surface area contributed by atoms with E-state index in [1.165, 1.54) is 17.5 Å². The van der Waals surface area contributed by atoms with Gasteiger partial charge in [-0.3, -0.25) is 4.90 Å². The Balaban J connectivity index is 1.83. The zero-order valence-corrected chi connectivity index (χ0v) is 13.2. The highest BCUT2D eigenvalue weighted by molar-refractivity contribution is 5.32. The summed E-state index contributed by atoms with van der Waals surface area (Å²) in [5.41, 5.74) is 2.82. The summed E-state index contributed by atoms with van der Waals surface area (Å²) < 4.78 is 5.56. The number of nitriles is 1. The summed E-state index contributed by atoms with van der Waals surface area (Å²) >= 11 is 0. The van der Waals surface area contributed by atoms with Crippen LogP contribution in [0.5, 0.6) is 0 Å². The number of rotatable bonds is 6. The lowest BCUT2D eigenvalue weighted by Gasteiger charge is -2.35. The summed E-state index contributed by atoms with van der Waals surface area (Å²) in [4.78, 5) is 2.37. The van der Waals surface area contributed by atoms with Crippen molar-refractivity contribution in [3.05, 3.63) is 59.0 Å². The van der Waals surface area contributed by atoms with E-state index in [9.17, 15) is 5.11 Å². The summed E-state index contributed by atoms with van der Waals surface area (Å²) in [6.45, 7) is 1.67. The topological polar surface area (TPSA) is 60.4 Å². The van der Waals surface area contributed by atoms with Crippen molar-refractivity contribution in [1.29, 1.82) is 5.26 Å². The number of hydrogen-bond donors (Lipinski definition) is 1. The zero-order chi connectivity index (χ0) is 16.1. The highest BCUT2D eigenvalue weighted by atomic mass is 16.3. The molecule has 23 heavy (non-hydrogen) atoms. The second-order valence-corrected chi connectivity index (χ2v) is 6.03. The number of fused-ring (bicyclic) bond motifs is 1. The highest BCUT2D eigenvalue weighted by Gasteiger charge is 2.26. The second-order valence-electron chi connectivity index (χ2n) is 6.03. The largest absolute Gasteiger partial charge is 0.449 e. The molecule has 0 amide bonds. The molecule has 0 aliphatic heterocycles. The quantitative estimate of drug-likeness (QED) is 0.888. The van der Waals surface area contributed by atoms with Gasteiger partial charge in [-0.05, 0) is 48.9 Å². The lowest BCUT2D eigenvalue weighted by molar-refractivity contribution is 0.142. The van der Waals surface area contributed by atoms with E-state index in [-0.39, 0.29) is 6.61 Å². The molecule has 0 saturated heterocycles. The van der Waals surface area contributed by atoms with Crippen LogP contribution < -0.4 is 0 Å². The average molecular weight is 310 g/mol. The Morgan fingerprint density at radius 3 is 2.91 bits per heavy atom. The summed E-state index contributed by atoms with van der Waals surface area (Å²) in [6, 6.07) is 14.6. The maximum atomic E-state index is 9.22. The standard InChI is InChI=1S/C19H22N2O2/c20-13-16-9-10-17(23-16)14-21(11-4-12-22)19-8-3-6-15-5-1-2-7-18(15)19/h1-2,5,7,9-10,19,22H,3-4,6,8,11-12,14H2. The van der Waals surface area contributed by atoms with Crippen molar-refractivity contribution in [2.75, 3.05) is 13.2 Å². The first-order valence-corrected chi connectivity index (χ1v) is 8.23. The van der Waals surface area contributed by atoms with Gasteiger partial charge >= 0.3 is 0 Å². The Morgan fingerprint density at radius 2 is 2.13 bits per heavy atom. The summed E-state index contributed by atoms with van der Waals surface area (Å²) in [6.07, 6.45) is 4.18. The monoisotopic (exact) mass is 310 g/mol. The minimum Gasteiger partial charge on any atom is -0.449 e. The van der Waals surface area contributed by atoms with Gasteiger partial charge in [0.1, 0.15) is 11.8 Å². The molecule has 1 N–H and O–H groups in total. The number of nitrogens with zero attached hydrogens (tertiary/aromatic N) is 2. The van der Waals surface area contributed by atoms with Crippen LogP contribution in [0.1, 0.15) is 48.0 Å². The smallest absolute Gasteiger partial charge is 0.203 e. The molecule has 1 heterocycles. The first kappa shape index (κ1) is 15.8. The second kappa shape index (κ2) is 7.45.